The Kier molecular flexibility index (Phi) is 14.6. The molecule has 0 aliphatic rings. The Balaban J connectivity index is 2.39. The van der Waals surface area contributed by atoms with E-state index in [0.717, 1.165) is 22.6 Å². The summed E-state index contributed by atoms with van der Waals surface area (Å²) in [4.78, 5) is 13.9. The van der Waals surface area contributed by atoms with E-state index < -0.39 is 30.7 Å². The van der Waals surface area contributed by atoms with Crippen LogP contribution >= 0.6 is 0 Å². The van der Waals surface area contributed by atoms with Gasteiger partial charge < -0.3 is 0 Å². The molecule has 0 N–H and O–H groups in total. The second-order valence-electron chi connectivity index (χ2n) is 11.8. The molecule has 0 saturated carbocycles. The van der Waals surface area contributed by atoms with Gasteiger partial charge in [0.05, 0.1) is 0 Å². The molecule has 0 heterocycles. The SMILES string of the molecule is CCC[CH2][Sn]([CH2]CCC)([CH2]CCC)[c]1cc(/C=C/c2ccc(N(C)C(=O)OC(C)(C)C)cc2)ccc1OCCF. The molecule has 6 heteroatoms. The first-order chi connectivity index (χ1) is 19.1. The van der Waals surface area contributed by atoms with Crippen LogP contribution in [0.15, 0.2) is 42.5 Å². The Morgan fingerprint density at radius 3 is 1.90 bits per heavy atom. The van der Waals surface area contributed by atoms with Crippen LogP contribution in [0, 0.1) is 0 Å². The van der Waals surface area contributed by atoms with Crippen LogP contribution in [0.5, 0.6) is 5.75 Å². The van der Waals surface area contributed by atoms with Crippen molar-refractivity contribution in [3.05, 3.63) is 53.6 Å². The maximum absolute atomic E-state index is 13.1. The minimum absolute atomic E-state index is 0.115. The van der Waals surface area contributed by atoms with Gasteiger partial charge >= 0.3 is 222 Å². The van der Waals surface area contributed by atoms with E-state index in [9.17, 15) is 9.18 Å². The number of ether oxygens (including phenoxy) is 2. The molecular weight excluding hydrogens is 608 g/mol. The number of carbonyl (C=O) groups excluding carboxylic acids is 1. The quantitative estimate of drug-likeness (QED) is 0.133. The summed E-state index contributed by atoms with van der Waals surface area (Å²) >= 11 is -2.81. The van der Waals surface area contributed by atoms with E-state index in [-0.39, 0.29) is 12.7 Å². The van der Waals surface area contributed by atoms with E-state index in [4.69, 9.17) is 9.47 Å². The molecule has 1 amide bonds. The van der Waals surface area contributed by atoms with Gasteiger partial charge in [-0.25, -0.2) is 0 Å². The van der Waals surface area contributed by atoms with Crippen LogP contribution in [-0.2, 0) is 4.74 Å². The van der Waals surface area contributed by atoms with Crippen molar-refractivity contribution in [1.29, 1.82) is 0 Å². The average molecular weight is 661 g/mol. The van der Waals surface area contributed by atoms with Crippen LogP contribution in [0.4, 0.5) is 14.9 Å². The zero-order valence-corrected chi connectivity index (χ0v) is 28.9. The monoisotopic (exact) mass is 661 g/mol. The zero-order chi connectivity index (χ0) is 29.6. The Morgan fingerprint density at radius 1 is 0.875 bits per heavy atom. The van der Waals surface area contributed by atoms with E-state index in [1.54, 1.807) is 7.05 Å². The third-order valence-corrected chi connectivity index (χ3v) is 23.0. The number of rotatable bonds is 16. The molecule has 0 unspecified atom stereocenters. The zero-order valence-electron chi connectivity index (χ0n) is 26.0. The number of unbranched alkanes of at least 4 members (excludes halogenated alkanes) is 3. The van der Waals surface area contributed by atoms with Crippen molar-refractivity contribution >= 4 is 45.9 Å². The number of benzene rings is 2. The van der Waals surface area contributed by atoms with Gasteiger partial charge in [-0.3, -0.25) is 0 Å². The van der Waals surface area contributed by atoms with Gasteiger partial charge in [-0.15, -0.1) is 0 Å². The molecule has 222 valence electrons. The van der Waals surface area contributed by atoms with E-state index in [1.807, 2.05) is 45.0 Å². The number of hydrogen-bond acceptors (Lipinski definition) is 3. The normalized spacial score (nSPS) is 12.1. The fourth-order valence-electron chi connectivity index (χ4n) is 5.10. The van der Waals surface area contributed by atoms with Crippen LogP contribution in [-0.4, -0.2) is 50.4 Å². The molecule has 0 spiro atoms. The maximum atomic E-state index is 13.1. The molecule has 0 saturated heterocycles. The van der Waals surface area contributed by atoms with Crippen molar-refractivity contribution in [2.45, 2.75) is 99.0 Å². The summed E-state index contributed by atoms with van der Waals surface area (Å²) < 4.78 is 30.1. The van der Waals surface area contributed by atoms with Gasteiger partial charge in [0.15, 0.2) is 0 Å². The number of nitrogens with zero attached hydrogens (tertiary/aromatic N) is 1. The number of alkyl halides is 1. The molecule has 40 heavy (non-hydrogen) atoms. The van der Waals surface area contributed by atoms with Crippen molar-refractivity contribution in [1.82, 2.24) is 0 Å². The Hall–Kier alpha value is -2.02. The number of carbonyl (C=O) groups is 1. The van der Waals surface area contributed by atoms with Gasteiger partial charge in [-0.05, 0) is 20.8 Å². The Morgan fingerprint density at radius 2 is 1.40 bits per heavy atom. The Bertz CT molecular complexity index is 1040. The molecule has 0 atom stereocenters. The third kappa shape index (κ3) is 10.8. The molecule has 0 bridgehead atoms. The van der Waals surface area contributed by atoms with Gasteiger partial charge in [0, 0.05) is 0 Å². The van der Waals surface area contributed by atoms with E-state index in [2.05, 4.69) is 51.1 Å². The standard InChI is InChI=1S/C22H25FNO3.3C4H9.Sn/c1-22(2,3)27-21(25)24(4)19-11-7-17(8-12-19)5-6-18-9-13-20(14-10-18)26-16-15-23;3*1-3-4-2;/h5-13H,15-16H2,1-4H3;3*1,3-4H2,2H3;/b6-5+;;;;. The second kappa shape index (κ2) is 17.1. The van der Waals surface area contributed by atoms with Gasteiger partial charge in [0.25, 0.3) is 0 Å². The number of anilines is 1. The van der Waals surface area contributed by atoms with E-state index in [0.29, 0.717) is 0 Å². The fourth-order valence-corrected chi connectivity index (χ4v) is 21.7. The second-order valence-corrected chi connectivity index (χ2v) is 25.0. The Labute approximate surface area is 247 Å². The summed E-state index contributed by atoms with van der Waals surface area (Å²) in [6, 6.07) is 14.4. The summed E-state index contributed by atoms with van der Waals surface area (Å²) in [6.07, 6.45) is 11.3. The molecule has 0 aromatic heterocycles. The number of amides is 1. The van der Waals surface area contributed by atoms with Crippen LogP contribution in [0.1, 0.15) is 91.2 Å². The molecule has 0 fully saturated rings. The van der Waals surface area contributed by atoms with E-state index >= 15 is 0 Å². The minimum atomic E-state index is -2.81. The number of halogens is 1. The predicted octanol–water partition coefficient (Wildman–Crippen LogP) is 9.63. The van der Waals surface area contributed by atoms with Crippen LogP contribution in [0.25, 0.3) is 12.2 Å². The van der Waals surface area contributed by atoms with Crippen LogP contribution < -0.4 is 13.2 Å². The summed E-state index contributed by atoms with van der Waals surface area (Å²) in [6.45, 7) is 12.1. The molecule has 2 rings (SSSR count). The molecule has 2 aromatic rings. The molecule has 0 aliphatic heterocycles. The average Bonchev–Trinajstić information content (AvgIpc) is 2.94. The number of hydrogen-bond donors (Lipinski definition) is 0. The first-order valence-electron chi connectivity index (χ1n) is 15.2. The van der Waals surface area contributed by atoms with Crippen molar-refractivity contribution in [2.75, 3.05) is 25.2 Å². The van der Waals surface area contributed by atoms with Crippen LogP contribution in [0.3, 0.4) is 0 Å². The summed E-state index contributed by atoms with van der Waals surface area (Å²) in [5, 5.41) is 0. The molecule has 0 radical (unpaired) electrons. The fraction of sp³-hybridized carbons (Fsp3) is 0.559. The topological polar surface area (TPSA) is 38.8 Å². The summed E-state index contributed by atoms with van der Waals surface area (Å²) in [5.74, 6) is 0.920. The van der Waals surface area contributed by atoms with Gasteiger partial charge in [-0.2, -0.15) is 0 Å². The molecular formula is C34H52FNO3Sn. The van der Waals surface area contributed by atoms with Gasteiger partial charge in [-0.1, -0.05) is 0 Å². The van der Waals surface area contributed by atoms with Crippen molar-refractivity contribution in [3.8, 4) is 5.75 Å². The predicted molar refractivity (Wildman–Crippen MR) is 172 cm³/mol. The molecule has 2 aromatic carbocycles. The van der Waals surface area contributed by atoms with Crippen molar-refractivity contribution in [2.24, 2.45) is 0 Å². The summed E-state index contributed by atoms with van der Waals surface area (Å²) in [5.41, 5.74) is 2.45. The molecule has 4 nitrogen and oxygen atoms in total. The first-order valence-corrected chi connectivity index (χ1v) is 22.7. The van der Waals surface area contributed by atoms with Crippen LogP contribution in [0.2, 0.25) is 13.3 Å². The molecule has 0 aliphatic carbocycles. The first kappa shape index (κ1) is 34.2. The van der Waals surface area contributed by atoms with Crippen molar-refractivity contribution < 1.29 is 18.7 Å². The van der Waals surface area contributed by atoms with E-state index in [1.165, 1.54) is 60.3 Å². The van der Waals surface area contributed by atoms with Gasteiger partial charge in [0.2, 0.25) is 0 Å². The summed E-state index contributed by atoms with van der Waals surface area (Å²) in [7, 11) is 1.72. The van der Waals surface area contributed by atoms with Gasteiger partial charge in [0.1, 0.15) is 5.60 Å². The van der Waals surface area contributed by atoms with Crippen molar-refractivity contribution in [3.63, 3.8) is 0 Å². The third-order valence-electron chi connectivity index (χ3n) is 7.35.